The molecule has 2 aliphatic rings. The first-order valence-electron chi connectivity index (χ1n) is 10.6. The molecule has 1 unspecified atom stereocenters. The molecule has 3 heterocycles. The fraction of sp³-hybridized carbons (Fsp3) is 0.545. The van der Waals surface area contributed by atoms with Crippen LogP contribution in [-0.4, -0.2) is 43.4 Å². The molecule has 0 saturated heterocycles. The number of nitrogens with zero attached hydrogens (tertiary/aromatic N) is 4. The van der Waals surface area contributed by atoms with Crippen molar-refractivity contribution in [2.45, 2.75) is 58.7 Å². The van der Waals surface area contributed by atoms with E-state index < -0.39 is 0 Å². The molecule has 1 atom stereocenters. The average Bonchev–Trinajstić information content (AvgIpc) is 3.46. The summed E-state index contributed by atoms with van der Waals surface area (Å²) in [7, 11) is 1.83. The average molecular weight is 412 g/mol. The maximum Gasteiger partial charge on any atom is 0.274 e. The molecule has 2 amide bonds. The van der Waals surface area contributed by atoms with Gasteiger partial charge in [0, 0.05) is 44.6 Å². The number of imidazole rings is 1. The maximum atomic E-state index is 13.2. The number of rotatable bonds is 5. The number of pyridine rings is 1. The third-order valence-electron chi connectivity index (χ3n) is 6.16. The van der Waals surface area contributed by atoms with Gasteiger partial charge in [0.25, 0.3) is 17.4 Å². The summed E-state index contributed by atoms with van der Waals surface area (Å²) in [6.07, 6.45) is 7.53. The predicted octanol–water partition coefficient (Wildman–Crippen LogP) is 1.89. The van der Waals surface area contributed by atoms with Gasteiger partial charge in [0.05, 0.1) is 6.33 Å². The molecule has 4 rings (SSSR count). The Bertz CT molecular complexity index is 1050. The van der Waals surface area contributed by atoms with E-state index in [9.17, 15) is 14.4 Å². The van der Waals surface area contributed by atoms with Crippen LogP contribution in [0.4, 0.5) is 0 Å². The number of carbonyl (C=O) groups is 2. The van der Waals surface area contributed by atoms with Gasteiger partial charge in [-0.25, -0.2) is 4.98 Å². The first-order valence-corrected chi connectivity index (χ1v) is 10.6. The first-order chi connectivity index (χ1) is 14.3. The van der Waals surface area contributed by atoms with Crippen molar-refractivity contribution < 1.29 is 9.59 Å². The summed E-state index contributed by atoms with van der Waals surface area (Å²) in [6.45, 7) is 6.85. The zero-order chi connectivity index (χ0) is 21.6. The molecule has 8 heteroatoms. The minimum absolute atomic E-state index is 0.0343. The van der Waals surface area contributed by atoms with Crippen LogP contribution < -0.4 is 10.9 Å². The molecule has 0 spiro atoms. The number of aromatic nitrogens is 3. The lowest BCUT2D eigenvalue weighted by Crippen LogP contribution is -2.43. The van der Waals surface area contributed by atoms with Crippen molar-refractivity contribution in [3.05, 3.63) is 51.5 Å². The summed E-state index contributed by atoms with van der Waals surface area (Å²) in [6, 6.07) is 0.117. The van der Waals surface area contributed by atoms with Crippen LogP contribution in [0.5, 0.6) is 0 Å². The van der Waals surface area contributed by atoms with Gasteiger partial charge >= 0.3 is 0 Å². The Hall–Kier alpha value is -2.90. The zero-order valence-electron chi connectivity index (χ0n) is 18.0. The molecule has 1 aliphatic heterocycles. The van der Waals surface area contributed by atoms with Gasteiger partial charge in [0.1, 0.15) is 11.3 Å². The summed E-state index contributed by atoms with van der Waals surface area (Å²) < 4.78 is 3.44. The lowest BCUT2D eigenvalue weighted by molar-refractivity contribution is 0.0728. The minimum atomic E-state index is -0.308. The molecule has 0 aromatic carbocycles. The Morgan fingerprint density at radius 1 is 1.20 bits per heavy atom. The van der Waals surface area contributed by atoms with Crippen LogP contribution >= 0.6 is 0 Å². The normalized spacial score (nSPS) is 17.0. The van der Waals surface area contributed by atoms with Crippen LogP contribution in [-0.2, 0) is 20.0 Å². The van der Waals surface area contributed by atoms with Gasteiger partial charge in [0.15, 0.2) is 0 Å². The molecule has 2 aromatic rings. The van der Waals surface area contributed by atoms with Crippen LogP contribution in [0, 0.1) is 5.92 Å². The third-order valence-corrected chi connectivity index (χ3v) is 6.16. The molecular formula is C22H29N5O3. The first kappa shape index (κ1) is 20.4. The van der Waals surface area contributed by atoms with Gasteiger partial charge in [-0.3, -0.25) is 14.4 Å². The summed E-state index contributed by atoms with van der Waals surface area (Å²) in [5.41, 5.74) is 2.08. The lowest BCUT2D eigenvalue weighted by atomic mass is 9.95. The van der Waals surface area contributed by atoms with Crippen LogP contribution in [0.3, 0.4) is 0 Å². The molecule has 1 fully saturated rings. The Kier molecular flexibility index (Phi) is 5.26. The van der Waals surface area contributed by atoms with Crippen molar-refractivity contribution in [2.75, 3.05) is 6.54 Å². The van der Waals surface area contributed by atoms with Gasteiger partial charge in [-0.05, 0) is 43.2 Å². The molecule has 2 aromatic heterocycles. The number of amides is 2. The van der Waals surface area contributed by atoms with E-state index in [4.69, 9.17) is 0 Å². The topological polar surface area (TPSA) is 89.2 Å². The van der Waals surface area contributed by atoms with Gasteiger partial charge in [0.2, 0.25) is 0 Å². The highest BCUT2D eigenvalue weighted by Crippen LogP contribution is 2.35. The molecule has 8 nitrogen and oxygen atoms in total. The Morgan fingerprint density at radius 3 is 2.53 bits per heavy atom. The van der Waals surface area contributed by atoms with Crippen LogP contribution in [0.15, 0.2) is 23.5 Å². The van der Waals surface area contributed by atoms with Crippen molar-refractivity contribution in [1.29, 1.82) is 0 Å². The number of nitrogens with one attached hydrogen (secondary N) is 1. The number of carbonyl (C=O) groups excluding carboxylic acids is 2. The second-order valence-electron chi connectivity index (χ2n) is 8.86. The predicted molar refractivity (Wildman–Crippen MR) is 112 cm³/mol. The second-order valence-corrected chi connectivity index (χ2v) is 8.86. The van der Waals surface area contributed by atoms with Gasteiger partial charge in [-0.2, -0.15) is 0 Å². The molecule has 1 aliphatic carbocycles. The number of aryl methyl sites for hydroxylation is 1. The molecule has 160 valence electrons. The molecule has 30 heavy (non-hydrogen) atoms. The highest BCUT2D eigenvalue weighted by atomic mass is 16.2. The molecule has 1 saturated carbocycles. The smallest absolute Gasteiger partial charge is 0.274 e. The van der Waals surface area contributed by atoms with Crippen molar-refractivity contribution >= 4 is 11.8 Å². The van der Waals surface area contributed by atoms with E-state index in [1.54, 1.807) is 26.6 Å². The highest BCUT2D eigenvalue weighted by molar-refractivity contribution is 5.96. The zero-order valence-corrected chi connectivity index (χ0v) is 18.0. The van der Waals surface area contributed by atoms with E-state index >= 15 is 0 Å². The highest BCUT2D eigenvalue weighted by Gasteiger charge is 2.33. The molecular weight excluding hydrogens is 382 g/mol. The molecule has 1 N–H and O–H groups in total. The number of hydrogen-bond acceptors (Lipinski definition) is 4. The quantitative estimate of drug-likeness (QED) is 0.814. The van der Waals surface area contributed by atoms with Crippen molar-refractivity contribution in [2.24, 2.45) is 13.0 Å². The Balaban J connectivity index is 1.68. The minimum Gasteiger partial charge on any atom is -0.349 e. The van der Waals surface area contributed by atoms with E-state index in [1.807, 2.05) is 34.0 Å². The molecule has 0 bridgehead atoms. The molecule has 0 radical (unpaired) electrons. The monoisotopic (exact) mass is 411 g/mol. The van der Waals surface area contributed by atoms with Crippen molar-refractivity contribution in [3.8, 4) is 0 Å². The van der Waals surface area contributed by atoms with E-state index in [-0.39, 0.29) is 40.9 Å². The maximum absolute atomic E-state index is 13.2. The number of hydrogen-bond donors (Lipinski definition) is 1. The van der Waals surface area contributed by atoms with Crippen LogP contribution in [0.2, 0.25) is 0 Å². The van der Waals surface area contributed by atoms with E-state index in [2.05, 4.69) is 10.3 Å². The van der Waals surface area contributed by atoms with Crippen molar-refractivity contribution in [1.82, 2.24) is 24.3 Å². The third kappa shape index (κ3) is 3.78. The Labute approximate surface area is 175 Å². The van der Waals surface area contributed by atoms with Gasteiger partial charge in [-0.15, -0.1) is 0 Å². The van der Waals surface area contributed by atoms with Crippen LogP contribution in [0.1, 0.15) is 71.6 Å². The number of fused-ring (bicyclic) bond motifs is 1. The van der Waals surface area contributed by atoms with Crippen LogP contribution in [0.25, 0.3) is 0 Å². The second kappa shape index (κ2) is 7.74. The largest absolute Gasteiger partial charge is 0.349 e. The van der Waals surface area contributed by atoms with E-state index in [0.29, 0.717) is 25.2 Å². The summed E-state index contributed by atoms with van der Waals surface area (Å²) in [5.74, 6) is -0.174. The SMILES string of the molecule is CC(C)C(C)NC(=O)c1c2c(cn(C3CC3)c1=O)CN(C(=O)c1cn(C)cn1)CC2. The summed E-state index contributed by atoms with van der Waals surface area (Å²) in [5, 5.41) is 2.99. The lowest BCUT2D eigenvalue weighted by Gasteiger charge is -2.30. The summed E-state index contributed by atoms with van der Waals surface area (Å²) in [4.78, 5) is 45.0. The van der Waals surface area contributed by atoms with Crippen molar-refractivity contribution in [3.63, 3.8) is 0 Å². The van der Waals surface area contributed by atoms with E-state index in [1.165, 1.54) is 0 Å². The van der Waals surface area contributed by atoms with E-state index in [0.717, 1.165) is 24.0 Å². The fourth-order valence-electron chi connectivity index (χ4n) is 3.84. The van der Waals surface area contributed by atoms with Gasteiger partial charge in [-0.1, -0.05) is 13.8 Å². The Morgan fingerprint density at radius 2 is 1.93 bits per heavy atom. The summed E-state index contributed by atoms with van der Waals surface area (Å²) >= 11 is 0. The fourth-order valence-corrected chi connectivity index (χ4v) is 3.84. The standard InChI is InChI=1S/C22H29N5O3/c1-13(2)14(3)24-20(28)19-17-7-8-26(21(29)18-11-25(4)12-23-18)9-15(17)10-27(22(19)30)16-5-6-16/h10-14,16H,5-9H2,1-4H3,(H,24,28). The van der Waals surface area contributed by atoms with Gasteiger partial charge < -0.3 is 19.4 Å².